The van der Waals surface area contributed by atoms with Crippen molar-refractivity contribution in [1.82, 2.24) is 5.32 Å². The third-order valence-electron chi connectivity index (χ3n) is 5.24. The number of hydrogen-bond donors (Lipinski definition) is 1. The Bertz CT molecular complexity index is 1030. The largest absolute Gasteiger partial charge is 0.493 e. The normalized spacial score (nSPS) is 16.2. The molecule has 3 aromatic rings. The molecule has 5 heteroatoms. The molecule has 1 aliphatic heterocycles. The van der Waals surface area contributed by atoms with E-state index in [1.165, 1.54) is 0 Å². The molecule has 1 aliphatic rings. The third-order valence-corrected chi connectivity index (χ3v) is 5.24. The topological polar surface area (TPSA) is 58.6 Å². The highest BCUT2D eigenvalue weighted by molar-refractivity contribution is 6.09. The van der Waals surface area contributed by atoms with Gasteiger partial charge in [-0.15, -0.1) is 0 Å². The number of hydrogen-bond acceptors (Lipinski definition) is 3. The monoisotopic (exact) mass is 388 g/mol. The smallest absolute Gasteiger partial charge is 0.255 e. The van der Waals surface area contributed by atoms with Crippen molar-refractivity contribution in [3.05, 3.63) is 72.3 Å². The first-order chi connectivity index (χ1) is 14.2. The molecule has 1 N–H and O–H groups in total. The average molecular weight is 388 g/mol. The maximum Gasteiger partial charge on any atom is 0.255 e. The summed E-state index contributed by atoms with van der Waals surface area (Å²) < 4.78 is 5.71. The lowest BCUT2D eigenvalue weighted by atomic mass is 10.0. The van der Waals surface area contributed by atoms with Gasteiger partial charge in [0.1, 0.15) is 5.75 Å². The summed E-state index contributed by atoms with van der Waals surface area (Å²) in [6.45, 7) is 3.45. The highest BCUT2D eigenvalue weighted by atomic mass is 16.5. The second kappa shape index (κ2) is 8.35. The van der Waals surface area contributed by atoms with Gasteiger partial charge in [-0.05, 0) is 35.9 Å². The number of nitrogens with one attached hydrogen (secondary N) is 1. The number of amides is 2. The van der Waals surface area contributed by atoms with Gasteiger partial charge >= 0.3 is 0 Å². The fourth-order valence-electron chi connectivity index (χ4n) is 3.86. The first-order valence-electron chi connectivity index (χ1n) is 9.95. The van der Waals surface area contributed by atoms with Crippen molar-refractivity contribution in [2.75, 3.05) is 24.6 Å². The van der Waals surface area contributed by atoms with E-state index >= 15 is 0 Å². The Morgan fingerprint density at radius 1 is 1.07 bits per heavy atom. The predicted molar refractivity (Wildman–Crippen MR) is 114 cm³/mol. The zero-order valence-electron chi connectivity index (χ0n) is 16.4. The molecule has 29 heavy (non-hydrogen) atoms. The number of nitrogens with zero attached hydrogens (tertiary/aromatic N) is 1. The van der Waals surface area contributed by atoms with Crippen molar-refractivity contribution in [2.45, 2.75) is 13.3 Å². The molecule has 1 atom stereocenters. The van der Waals surface area contributed by atoms with Crippen molar-refractivity contribution in [1.29, 1.82) is 0 Å². The molecule has 0 spiro atoms. The van der Waals surface area contributed by atoms with Crippen LogP contribution in [0.15, 0.2) is 66.7 Å². The lowest BCUT2D eigenvalue weighted by molar-refractivity contribution is -0.117. The van der Waals surface area contributed by atoms with Crippen LogP contribution in [0.4, 0.5) is 5.69 Å². The van der Waals surface area contributed by atoms with Crippen LogP contribution in [0.25, 0.3) is 10.8 Å². The number of carbonyl (C=O) groups is 2. The minimum absolute atomic E-state index is 0.0807. The first-order valence-corrected chi connectivity index (χ1v) is 9.95. The molecular weight excluding hydrogens is 364 g/mol. The molecule has 1 unspecified atom stereocenters. The summed E-state index contributed by atoms with van der Waals surface area (Å²) in [5.41, 5.74) is 1.45. The van der Waals surface area contributed by atoms with Gasteiger partial charge in [0.15, 0.2) is 0 Å². The van der Waals surface area contributed by atoms with E-state index in [0.717, 1.165) is 16.5 Å². The van der Waals surface area contributed by atoms with Crippen LogP contribution in [0.1, 0.15) is 23.7 Å². The van der Waals surface area contributed by atoms with E-state index in [-0.39, 0.29) is 17.7 Å². The number of rotatable bonds is 6. The standard InChI is InChI=1S/C24H24N2O3/c1-2-29-21-13-12-18-8-6-7-11-20(18)23(21)24(28)25-15-17-14-22(27)26(16-17)19-9-4-3-5-10-19/h3-13,17H,2,14-16H2,1H3,(H,25,28). The van der Waals surface area contributed by atoms with Crippen molar-refractivity contribution < 1.29 is 14.3 Å². The fourth-order valence-corrected chi connectivity index (χ4v) is 3.86. The second-order valence-corrected chi connectivity index (χ2v) is 7.21. The Morgan fingerprint density at radius 2 is 1.83 bits per heavy atom. The van der Waals surface area contributed by atoms with Gasteiger partial charge in [0.05, 0.1) is 12.2 Å². The van der Waals surface area contributed by atoms with Gasteiger partial charge in [-0.1, -0.05) is 48.5 Å². The van der Waals surface area contributed by atoms with E-state index in [2.05, 4.69) is 5.32 Å². The second-order valence-electron chi connectivity index (χ2n) is 7.21. The van der Waals surface area contributed by atoms with Crippen LogP contribution in [0.2, 0.25) is 0 Å². The SMILES string of the molecule is CCOc1ccc2ccccc2c1C(=O)NCC1CC(=O)N(c2ccccc2)C1. The average Bonchev–Trinajstić information content (AvgIpc) is 3.13. The van der Waals surface area contributed by atoms with Crippen LogP contribution in [-0.4, -0.2) is 31.5 Å². The number of fused-ring (bicyclic) bond motifs is 1. The Hall–Kier alpha value is -3.34. The maximum atomic E-state index is 13.1. The summed E-state index contributed by atoms with van der Waals surface area (Å²) in [6, 6.07) is 21.2. The van der Waals surface area contributed by atoms with Crippen LogP contribution in [0.3, 0.4) is 0 Å². The van der Waals surface area contributed by atoms with E-state index in [4.69, 9.17) is 4.74 Å². The number of benzene rings is 3. The Kier molecular flexibility index (Phi) is 5.47. The number of carbonyl (C=O) groups excluding carboxylic acids is 2. The lowest BCUT2D eigenvalue weighted by Crippen LogP contribution is -2.31. The van der Waals surface area contributed by atoms with Crippen molar-refractivity contribution in [2.24, 2.45) is 5.92 Å². The highest BCUT2D eigenvalue weighted by Gasteiger charge is 2.31. The molecule has 5 nitrogen and oxygen atoms in total. The molecule has 2 amide bonds. The number of para-hydroxylation sites is 1. The molecular formula is C24H24N2O3. The number of ether oxygens (including phenoxy) is 1. The van der Waals surface area contributed by atoms with Gasteiger partial charge in [-0.3, -0.25) is 9.59 Å². The Morgan fingerprint density at radius 3 is 2.62 bits per heavy atom. The summed E-state index contributed by atoms with van der Waals surface area (Å²) >= 11 is 0. The van der Waals surface area contributed by atoms with Gasteiger partial charge in [0, 0.05) is 31.1 Å². The summed E-state index contributed by atoms with van der Waals surface area (Å²) in [5.74, 6) is 0.584. The Labute approximate surface area is 170 Å². The van der Waals surface area contributed by atoms with Gasteiger partial charge in [-0.2, -0.15) is 0 Å². The van der Waals surface area contributed by atoms with Gasteiger partial charge in [0.2, 0.25) is 5.91 Å². The highest BCUT2D eigenvalue weighted by Crippen LogP contribution is 2.29. The fraction of sp³-hybridized carbons (Fsp3) is 0.250. The molecule has 0 radical (unpaired) electrons. The quantitative estimate of drug-likeness (QED) is 0.694. The molecule has 1 fully saturated rings. The minimum atomic E-state index is -0.170. The van der Waals surface area contributed by atoms with Crippen molar-refractivity contribution in [3.8, 4) is 5.75 Å². The van der Waals surface area contributed by atoms with Crippen LogP contribution in [-0.2, 0) is 4.79 Å². The number of anilines is 1. The molecule has 3 aromatic carbocycles. The Balaban J connectivity index is 1.49. The predicted octanol–water partition coefficient (Wildman–Crippen LogP) is 4.02. The van der Waals surface area contributed by atoms with Crippen molar-refractivity contribution >= 4 is 28.3 Å². The molecule has 1 heterocycles. The summed E-state index contributed by atoms with van der Waals surface area (Å²) in [5, 5.41) is 4.88. The van der Waals surface area contributed by atoms with Gasteiger partial charge < -0.3 is 15.0 Å². The summed E-state index contributed by atoms with van der Waals surface area (Å²) in [4.78, 5) is 27.3. The third kappa shape index (κ3) is 3.94. The molecule has 0 aromatic heterocycles. The van der Waals surface area contributed by atoms with Crippen LogP contribution < -0.4 is 15.0 Å². The maximum absolute atomic E-state index is 13.1. The zero-order valence-corrected chi connectivity index (χ0v) is 16.4. The van der Waals surface area contributed by atoms with E-state index in [9.17, 15) is 9.59 Å². The molecule has 0 saturated carbocycles. The van der Waals surface area contributed by atoms with Gasteiger partial charge in [0.25, 0.3) is 5.91 Å². The van der Waals surface area contributed by atoms with Crippen LogP contribution >= 0.6 is 0 Å². The van der Waals surface area contributed by atoms with E-state index in [1.54, 1.807) is 4.90 Å². The minimum Gasteiger partial charge on any atom is -0.493 e. The van der Waals surface area contributed by atoms with Crippen molar-refractivity contribution in [3.63, 3.8) is 0 Å². The van der Waals surface area contributed by atoms with Crippen LogP contribution in [0, 0.1) is 5.92 Å². The lowest BCUT2D eigenvalue weighted by Gasteiger charge is -2.17. The molecule has 0 aliphatic carbocycles. The molecule has 148 valence electrons. The van der Waals surface area contributed by atoms with Gasteiger partial charge in [-0.25, -0.2) is 0 Å². The van der Waals surface area contributed by atoms with Crippen LogP contribution in [0.5, 0.6) is 5.75 Å². The molecule has 0 bridgehead atoms. The summed E-state index contributed by atoms with van der Waals surface area (Å²) in [6.07, 6.45) is 0.434. The zero-order chi connectivity index (χ0) is 20.2. The molecule has 1 saturated heterocycles. The van der Waals surface area contributed by atoms with E-state index < -0.39 is 0 Å². The van der Waals surface area contributed by atoms with E-state index in [1.807, 2.05) is 73.7 Å². The molecule has 4 rings (SSSR count). The summed E-state index contributed by atoms with van der Waals surface area (Å²) in [7, 11) is 0. The van der Waals surface area contributed by atoms with E-state index in [0.29, 0.717) is 37.4 Å². The first kappa shape index (κ1) is 19.0.